The number of nitrogens with zero attached hydrogens (tertiary/aromatic N) is 2. The number of aromatic nitrogens is 2. The average Bonchev–Trinajstić information content (AvgIpc) is 2.74. The molecule has 2 rings (SSSR count). The van der Waals surface area contributed by atoms with E-state index < -0.39 is 10.0 Å². The van der Waals surface area contributed by atoms with Crippen molar-refractivity contribution in [2.24, 2.45) is 0 Å². The number of nitrogens with one attached hydrogen (secondary N) is 1. The summed E-state index contributed by atoms with van der Waals surface area (Å²) in [5.74, 6) is 0. The number of rotatable bonds is 4. The summed E-state index contributed by atoms with van der Waals surface area (Å²) in [4.78, 5) is 0.208. The van der Waals surface area contributed by atoms with E-state index in [-0.39, 0.29) is 10.0 Å². The smallest absolute Gasteiger partial charge is 0.253 e. The van der Waals surface area contributed by atoms with Crippen molar-refractivity contribution in [2.75, 3.05) is 4.72 Å². The van der Waals surface area contributed by atoms with Gasteiger partial charge in [0.2, 0.25) is 5.13 Å². The molecule has 0 aliphatic carbocycles. The molecule has 96 valence electrons. The minimum absolute atomic E-state index is 0.208. The maximum Gasteiger partial charge on any atom is 0.263 e. The SMILES string of the molecule is Cc1nnc(NS(=O)(=O)c2ccc(CBr)cc2)s1. The van der Waals surface area contributed by atoms with Crippen LogP contribution in [-0.2, 0) is 15.4 Å². The number of hydrogen-bond acceptors (Lipinski definition) is 5. The van der Waals surface area contributed by atoms with E-state index in [4.69, 9.17) is 0 Å². The van der Waals surface area contributed by atoms with Crippen LogP contribution in [0.2, 0.25) is 0 Å². The van der Waals surface area contributed by atoms with E-state index in [0.717, 1.165) is 5.56 Å². The standard InChI is InChI=1S/C10H10BrN3O2S2/c1-7-12-13-10(17-7)14-18(15,16)9-4-2-8(6-11)3-5-9/h2-5H,6H2,1H3,(H,13,14). The van der Waals surface area contributed by atoms with Crippen molar-refractivity contribution in [3.63, 3.8) is 0 Å². The Morgan fingerprint density at radius 1 is 1.28 bits per heavy atom. The number of alkyl halides is 1. The van der Waals surface area contributed by atoms with E-state index >= 15 is 0 Å². The highest BCUT2D eigenvalue weighted by Crippen LogP contribution is 2.19. The third-order valence-electron chi connectivity index (χ3n) is 2.14. The van der Waals surface area contributed by atoms with Crippen LogP contribution in [-0.4, -0.2) is 18.6 Å². The Morgan fingerprint density at radius 2 is 1.94 bits per heavy atom. The highest BCUT2D eigenvalue weighted by Gasteiger charge is 2.16. The summed E-state index contributed by atoms with van der Waals surface area (Å²) in [5, 5.41) is 9.16. The first kappa shape index (κ1) is 13.4. The van der Waals surface area contributed by atoms with Crippen molar-refractivity contribution in [1.82, 2.24) is 10.2 Å². The molecule has 0 bridgehead atoms. The Kier molecular flexibility index (Phi) is 3.98. The first-order chi connectivity index (χ1) is 8.51. The number of aryl methyl sites for hydroxylation is 1. The Balaban J connectivity index is 2.24. The van der Waals surface area contributed by atoms with Crippen molar-refractivity contribution in [3.8, 4) is 0 Å². The van der Waals surface area contributed by atoms with Gasteiger partial charge in [0.15, 0.2) is 0 Å². The van der Waals surface area contributed by atoms with Gasteiger partial charge in [-0.15, -0.1) is 10.2 Å². The highest BCUT2D eigenvalue weighted by atomic mass is 79.9. The summed E-state index contributed by atoms with van der Waals surface area (Å²) >= 11 is 4.50. The maximum atomic E-state index is 12.0. The second-order valence-corrected chi connectivity index (χ2v) is 6.93. The van der Waals surface area contributed by atoms with Crippen LogP contribution in [0.1, 0.15) is 10.6 Å². The van der Waals surface area contributed by atoms with Gasteiger partial charge in [0, 0.05) is 5.33 Å². The third kappa shape index (κ3) is 3.06. The Hall–Kier alpha value is -0.990. The molecule has 1 N–H and O–H groups in total. The first-order valence-corrected chi connectivity index (χ1v) is 8.41. The molecule has 0 aliphatic heterocycles. The maximum absolute atomic E-state index is 12.0. The van der Waals surface area contributed by atoms with Crippen molar-refractivity contribution in [3.05, 3.63) is 34.8 Å². The molecule has 0 amide bonds. The third-order valence-corrected chi connectivity index (χ3v) is 5.02. The highest BCUT2D eigenvalue weighted by molar-refractivity contribution is 9.08. The van der Waals surface area contributed by atoms with Gasteiger partial charge in [-0.05, 0) is 24.6 Å². The molecular formula is C10H10BrN3O2S2. The lowest BCUT2D eigenvalue weighted by atomic mass is 10.2. The van der Waals surface area contributed by atoms with Crippen LogP contribution in [0.4, 0.5) is 5.13 Å². The van der Waals surface area contributed by atoms with Crippen molar-refractivity contribution in [1.29, 1.82) is 0 Å². The molecule has 0 atom stereocenters. The zero-order valence-corrected chi connectivity index (χ0v) is 12.6. The largest absolute Gasteiger partial charge is 0.263 e. The fraction of sp³-hybridized carbons (Fsp3) is 0.200. The van der Waals surface area contributed by atoms with Crippen molar-refractivity contribution < 1.29 is 8.42 Å². The van der Waals surface area contributed by atoms with E-state index in [1.54, 1.807) is 31.2 Å². The van der Waals surface area contributed by atoms with Crippen LogP contribution in [0, 0.1) is 6.92 Å². The van der Waals surface area contributed by atoms with E-state index in [1.165, 1.54) is 11.3 Å². The second-order valence-electron chi connectivity index (χ2n) is 3.51. The molecule has 0 unspecified atom stereocenters. The van der Waals surface area contributed by atoms with Crippen LogP contribution < -0.4 is 4.72 Å². The molecule has 1 aromatic heterocycles. The Morgan fingerprint density at radius 3 is 2.44 bits per heavy atom. The quantitative estimate of drug-likeness (QED) is 0.862. The summed E-state index contributed by atoms with van der Waals surface area (Å²) in [6.07, 6.45) is 0. The van der Waals surface area contributed by atoms with Crippen LogP contribution in [0.15, 0.2) is 29.2 Å². The number of sulfonamides is 1. The van der Waals surface area contributed by atoms with E-state index in [1.807, 2.05) is 0 Å². The summed E-state index contributed by atoms with van der Waals surface area (Å²) in [7, 11) is -3.58. The summed E-state index contributed by atoms with van der Waals surface area (Å²) in [6.45, 7) is 1.76. The zero-order chi connectivity index (χ0) is 13.2. The first-order valence-electron chi connectivity index (χ1n) is 4.99. The Bertz CT molecular complexity index is 637. The lowest BCUT2D eigenvalue weighted by Crippen LogP contribution is -2.12. The Labute approximate surface area is 117 Å². The van der Waals surface area contributed by atoms with E-state index in [9.17, 15) is 8.42 Å². The fourth-order valence-electron chi connectivity index (χ4n) is 1.27. The predicted octanol–water partition coefficient (Wildman–Crippen LogP) is 2.54. The van der Waals surface area contributed by atoms with Crippen LogP contribution >= 0.6 is 27.3 Å². The molecule has 0 spiro atoms. The molecule has 2 aromatic rings. The molecule has 5 nitrogen and oxygen atoms in total. The lowest BCUT2D eigenvalue weighted by molar-refractivity contribution is 0.601. The summed E-state index contributed by atoms with van der Waals surface area (Å²) in [5.41, 5.74) is 1.01. The van der Waals surface area contributed by atoms with Crippen molar-refractivity contribution in [2.45, 2.75) is 17.1 Å². The van der Waals surface area contributed by atoms with Gasteiger partial charge in [0.1, 0.15) is 5.01 Å². The molecule has 0 saturated heterocycles. The number of benzene rings is 1. The zero-order valence-electron chi connectivity index (χ0n) is 9.42. The molecule has 0 saturated carbocycles. The molecule has 0 aliphatic rings. The van der Waals surface area contributed by atoms with Crippen LogP contribution in [0.25, 0.3) is 0 Å². The predicted molar refractivity (Wildman–Crippen MR) is 74.5 cm³/mol. The van der Waals surface area contributed by atoms with Gasteiger partial charge in [0.05, 0.1) is 4.90 Å². The van der Waals surface area contributed by atoms with Crippen molar-refractivity contribution >= 4 is 42.4 Å². The second kappa shape index (κ2) is 5.33. The van der Waals surface area contributed by atoms with Gasteiger partial charge in [-0.25, -0.2) is 8.42 Å². The lowest BCUT2D eigenvalue weighted by Gasteiger charge is -2.05. The monoisotopic (exact) mass is 347 g/mol. The van der Waals surface area contributed by atoms with Crippen LogP contribution in [0.3, 0.4) is 0 Å². The van der Waals surface area contributed by atoms with E-state index in [2.05, 4.69) is 30.8 Å². The fourth-order valence-corrected chi connectivity index (χ4v) is 3.47. The summed E-state index contributed by atoms with van der Waals surface area (Å²) < 4.78 is 26.5. The van der Waals surface area contributed by atoms with Gasteiger partial charge < -0.3 is 0 Å². The topological polar surface area (TPSA) is 72.0 Å². The minimum Gasteiger partial charge on any atom is -0.253 e. The van der Waals surface area contributed by atoms with Gasteiger partial charge in [-0.2, -0.15) is 0 Å². The van der Waals surface area contributed by atoms with Gasteiger partial charge >= 0.3 is 0 Å². The molecule has 1 aromatic carbocycles. The molecule has 8 heteroatoms. The van der Waals surface area contributed by atoms with Gasteiger partial charge in [0.25, 0.3) is 10.0 Å². The minimum atomic E-state index is -3.58. The number of anilines is 1. The van der Waals surface area contributed by atoms with Gasteiger partial charge in [-0.3, -0.25) is 4.72 Å². The summed E-state index contributed by atoms with van der Waals surface area (Å²) in [6, 6.07) is 6.64. The van der Waals surface area contributed by atoms with Crippen LogP contribution in [0.5, 0.6) is 0 Å². The molecule has 1 heterocycles. The molecule has 0 radical (unpaired) electrons. The molecular weight excluding hydrogens is 338 g/mol. The average molecular weight is 348 g/mol. The van der Waals surface area contributed by atoms with E-state index in [0.29, 0.717) is 10.3 Å². The molecule has 18 heavy (non-hydrogen) atoms. The normalized spacial score (nSPS) is 11.4. The van der Waals surface area contributed by atoms with Gasteiger partial charge in [-0.1, -0.05) is 39.4 Å². The number of halogens is 1. The number of hydrogen-bond donors (Lipinski definition) is 1. The molecule has 0 fully saturated rings.